The predicted molar refractivity (Wildman–Crippen MR) is 138 cm³/mol. The molecule has 196 valence electrons. The third-order valence-corrected chi connectivity index (χ3v) is 5.24. The Balaban J connectivity index is 2.39. The molecule has 2 aromatic rings. The largest absolute Gasteiger partial charge is 0.508 e. The van der Waals surface area contributed by atoms with Crippen molar-refractivity contribution in [1.82, 2.24) is 10.2 Å². The van der Waals surface area contributed by atoms with Gasteiger partial charge in [-0.05, 0) is 76.1 Å². The number of alkyl carbamates (subject to hydrolysis) is 1. The molecule has 2 rings (SSSR count). The third kappa shape index (κ3) is 8.48. The summed E-state index contributed by atoms with van der Waals surface area (Å²) >= 11 is 0. The standard InChI is InChI=1S/C27H37N3O6/c1-7-8-16-30(25(33)18(2)28-26(34)36-27(3,4)5)23(19-10-9-11-21(31)17-19)24(32)29-20-12-14-22(35-6)15-13-20/h9-15,17-18,23,31H,7-8,16H2,1-6H3,(H,28,34)(H,29,32). The number of benzene rings is 2. The highest BCUT2D eigenvalue weighted by molar-refractivity contribution is 5.99. The van der Waals surface area contributed by atoms with Gasteiger partial charge in [0, 0.05) is 12.2 Å². The van der Waals surface area contributed by atoms with Crippen LogP contribution in [0.3, 0.4) is 0 Å². The van der Waals surface area contributed by atoms with Crippen LogP contribution in [-0.4, -0.2) is 53.2 Å². The minimum atomic E-state index is -1.05. The highest BCUT2D eigenvalue weighted by atomic mass is 16.6. The minimum absolute atomic E-state index is 0.0300. The van der Waals surface area contributed by atoms with E-state index in [1.54, 1.807) is 71.2 Å². The van der Waals surface area contributed by atoms with E-state index in [-0.39, 0.29) is 12.3 Å². The number of hydrogen-bond donors (Lipinski definition) is 3. The molecule has 2 aromatic carbocycles. The lowest BCUT2D eigenvalue weighted by atomic mass is 10.0. The summed E-state index contributed by atoms with van der Waals surface area (Å²) in [6, 6.07) is 11.1. The Kier molecular flexibility index (Phi) is 10.1. The average molecular weight is 500 g/mol. The molecule has 0 radical (unpaired) electrons. The Labute approximate surface area is 212 Å². The lowest BCUT2D eigenvalue weighted by molar-refractivity contribution is -0.140. The first-order chi connectivity index (χ1) is 16.9. The number of ether oxygens (including phenoxy) is 2. The quantitative estimate of drug-likeness (QED) is 0.439. The molecule has 0 saturated heterocycles. The van der Waals surface area contributed by atoms with Gasteiger partial charge in [-0.1, -0.05) is 25.5 Å². The van der Waals surface area contributed by atoms with Crippen molar-refractivity contribution in [2.24, 2.45) is 0 Å². The van der Waals surface area contributed by atoms with Gasteiger partial charge >= 0.3 is 6.09 Å². The van der Waals surface area contributed by atoms with E-state index >= 15 is 0 Å². The number of amides is 3. The summed E-state index contributed by atoms with van der Waals surface area (Å²) < 4.78 is 10.5. The maximum atomic E-state index is 13.6. The van der Waals surface area contributed by atoms with Crippen LogP contribution in [0.4, 0.5) is 10.5 Å². The monoisotopic (exact) mass is 499 g/mol. The number of phenols is 1. The van der Waals surface area contributed by atoms with Crippen molar-refractivity contribution in [1.29, 1.82) is 0 Å². The molecule has 0 heterocycles. The van der Waals surface area contributed by atoms with Crippen molar-refractivity contribution >= 4 is 23.6 Å². The minimum Gasteiger partial charge on any atom is -0.508 e. The third-order valence-electron chi connectivity index (χ3n) is 5.24. The van der Waals surface area contributed by atoms with E-state index in [2.05, 4.69) is 10.6 Å². The lowest BCUT2D eigenvalue weighted by Gasteiger charge is -2.33. The normalized spacial score (nSPS) is 12.7. The van der Waals surface area contributed by atoms with Gasteiger partial charge in [0.1, 0.15) is 29.2 Å². The molecule has 9 heteroatoms. The van der Waals surface area contributed by atoms with E-state index in [9.17, 15) is 19.5 Å². The summed E-state index contributed by atoms with van der Waals surface area (Å²) in [4.78, 5) is 40.9. The average Bonchev–Trinajstić information content (AvgIpc) is 2.80. The maximum Gasteiger partial charge on any atom is 0.408 e. The molecule has 3 N–H and O–H groups in total. The molecule has 0 aliphatic rings. The van der Waals surface area contributed by atoms with Crippen LogP contribution >= 0.6 is 0 Å². The van der Waals surface area contributed by atoms with Gasteiger partial charge in [0.25, 0.3) is 5.91 Å². The first-order valence-corrected chi connectivity index (χ1v) is 12.0. The summed E-state index contributed by atoms with van der Waals surface area (Å²) in [5.74, 6) is -0.302. The molecule has 0 aliphatic heterocycles. The van der Waals surface area contributed by atoms with Gasteiger partial charge in [-0.2, -0.15) is 0 Å². The van der Waals surface area contributed by atoms with Crippen LogP contribution in [-0.2, 0) is 14.3 Å². The van der Waals surface area contributed by atoms with Crippen LogP contribution in [0.15, 0.2) is 48.5 Å². The Morgan fingerprint density at radius 1 is 1.08 bits per heavy atom. The number of rotatable bonds is 10. The first kappa shape index (κ1) is 28.5. The van der Waals surface area contributed by atoms with Crippen molar-refractivity contribution in [3.63, 3.8) is 0 Å². The molecule has 2 atom stereocenters. The number of hydrogen-bond acceptors (Lipinski definition) is 6. The highest BCUT2D eigenvalue weighted by Gasteiger charge is 2.34. The van der Waals surface area contributed by atoms with Crippen molar-refractivity contribution < 1.29 is 29.0 Å². The van der Waals surface area contributed by atoms with E-state index in [0.717, 1.165) is 6.42 Å². The fraction of sp³-hybridized carbons (Fsp3) is 0.444. The van der Waals surface area contributed by atoms with E-state index in [4.69, 9.17) is 9.47 Å². The predicted octanol–water partition coefficient (Wildman–Crippen LogP) is 4.62. The second kappa shape index (κ2) is 12.8. The van der Waals surface area contributed by atoms with E-state index in [1.165, 1.54) is 17.0 Å². The maximum absolute atomic E-state index is 13.6. The van der Waals surface area contributed by atoms with E-state index in [1.807, 2.05) is 6.92 Å². The van der Waals surface area contributed by atoms with Crippen LogP contribution in [0, 0.1) is 0 Å². The van der Waals surface area contributed by atoms with Gasteiger partial charge in [-0.25, -0.2) is 4.79 Å². The zero-order valence-corrected chi connectivity index (χ0v) is 21.8. The van der Waals surface area contributed by atoms with Crippen molar-refractivity contribution in [3.05, 3.63) is 54.1 Å². The molecule has 9 nitrogen and oxygen atoms in total. The molecule has 2 unspecified atom stereocenters. The molecule has 0 aliphatic carbocycles. The van der Waals surface area contributed by atoms with Crippen LogP contribution in [0.25, 0.3) is 0 Å². The topological polar surface area (TPSA) is 117 Å². The summed E-state index contributed by atoms with van der Waals surface area (Å²) in [7, 11) is 1.55. The Hall–Kier alpha value is -3.75. The van der Waals surface area contributed by atoms with E-state index < -0.39 is 35.6 Å². The number of methoxy groups -OCH3 is 1. The first-order valence-electron chi connectivity index (χ1n) is 12.0. The van der Waals surface area contributed by atoms with Gasteiger partial charge < -0.3 is 30.1 Å². The molecular formula is C27H37N3O6. The Bertz CT molecular complexity index is 1030. The van der Waals surface area contributed by atoms with Gasteiger partial charge in [-0.15, -0.1) is 0 Å². The lowest BCUT2D eigenvalue weighted by Crippen LogP contribution is -2.51. The zero-order valence-electron chi connectivity index (χ0n) is 21.8. The fourth-order valence-corrected chi connectivity index (χ4v) is 3.54. The van der Waals surface area contributed by atoms with Crippen LogP contribution in [0.2, 0.25) is 0 Å². The van der Waals surface area contributed by atoms with Gasteiger partial charge in [0.15, 0.2) is 0 Å². The van der Waals surface area contributed by atoms with Crippen molar-refractivity contribution in [2.45, 2.75) is 65.1 Å². The molecule has 0 saturated carbocycles. The molecule has 3 amide bonds. The number of unbranched alkanes of at least 4 members (excludes halogenated alkanes) is 1. The zero-order chi connectivity index (χ0) is 26.9. The Morgan fingerprint density at radius 2 is 1.75 bits per heavy atom. The fourth-order valence-electron chi connectivity index (χ4n) is 3.54. The van der Waals surface area contributed by atoms with Gasteiger partial charge in [0.2, 0.25) is 5.91 Å². The number of aromatic hydroxyl groups is 1. The van der Waals surface area contributed by atoms with Crippen molar-refractivity contribution in [2.75, 3.05) is 19.0 Å². The highest BCUT2D eigenvalue weighted by Crippen LogP contribution is 2.27. The molecular weight excluding hydrogens is 462 g/mol. The van der Waals surface area contributed by atoms with Gasteiger partial charge in [-0.3, -0.25) is 9.59 Å². The number of nitrogens with one attached hydrogen (secondary N) is 2. The number of anilines is 1. The van der Waals surface area contributed by atoms with E-state index in [0.29, 0.717) is 23.4 Å². The molecule has 0 aromatic heterocycles. The summed E-state index contributed by atoms with van der Waals surface area (Å²) in [6.07, 6.45) is 0.691. The number of phenolic OH excluding ortho intramolecular Hbond substituents is 1. The van der Waals surface area contributed by atoms with Crippen molar-refractivity contribution in [3.8, 4) is 11.5 Å². The summed E-state index contributed by atoms with van der Waals surface area (Å²) in [5.41, 5.74) is 0.237. The van der Waals surface area contributed by atoms with Crippen LogP contribution < -0.4 is 15.4 Å². The molecule has 36 heavy (non-hydrogen) atoms. The second-order valence-electron chi connectivity index (χ2n) is 9.47. The Morgan fingerprint density at radius 3 is 2.31 bits per heavy atom. The number of carbonyl (C=O) groups is 3. The van der Waals surface area contributed by atoms with Crippen LogP contribution in [0.1, 0.15) is 59.1 Å². The number of nitrogens with zero attached hydrogens (tertiary/aromatic N) is 1. The molecule has 0 spiro atoms. The SMILES string of the molecule is CCCCN(C(=O)C(C)NC(=O)OC(C)(C)C)C(C(=O)Nc1ccc(OC)cc1)c1cccc(O)c1. The summed E-state index contributed by atoms with van der Waals surface area (Å²) in [5, 5.41) is 15.5. The molecule has 0 bridgehead atoms. The number of carbonyl (C=O) groups excluding carboxylic acids is 3. The van der Waals surface area contributed by atoms with Gasteiger partial charge in [0.05, 0.1) is 7.11 Å². The smallest absolute Gasteiger partial charge is 0.408 e. The summed E-state index contributed by atoms with van der Waals surface area (Å²) in [6.45, 7) is 8.99. The molecule has 0 fully saturated rings. The second-order valence-corrected chi connectivity index (χ2v) is 9.47. The van der Waals surface area contributed by atoms with Crippen LogP contribution in [0.5, 0.6) is 11.5 Å².